The molecule has 0 aliphatic carbocycles. The van der Waals surface area contributed by atoms with Gasteiger partial charge in [0.25, 0.3) is 0 Å². The second-order valence-electron chi connectivity index (χ2n) is 6.00. The van der Waals surface area contributed by atoms with Crippen LogP contribution in [0.5, 0.6) is 0 Å². The highest BCUT2D eigenvalue weighted by atomic mass is 16.5. The van der Waals surface area contributed by atoms with Gasteiger partial charge in [0, 0.05) is 31.6 Å². The minimum absolute atomic E-state index is 0.0619. The average molecular weight is 310 g/mol. The van der Waals surface area contributed by atoms with Crippen LogP contribution in [0.4, 0.5) is 0 Å². The van der Waals surface area contributed by atoms with Gasteiger partial charge in [-0.3, -0.25) is 9.69 Å². The SMILES string of the molecule is CC(C)NC(=O)CCN1CCOCC1CC(O)c1ccco1. The first-order valence-corrected chi connectivity index (χ1v) is 7.89. The summed E-state index contributed by atoms with van der Waals surface area (Å²) in [5.74, 6) is 0.634. The van der Waals surface area contributed by atoms with Gasteiger partial charge >= 0.3 is 0 Å². The first kappa shape index (κ1) is 17.0. The lowest BCUT2D eigenvalue weighted by Crippen LogP contribution is -2.47. The molecule has 1 fully saturated rings. The Hall–Kier alpha value is -1.37. The number of nitrogens with one attached hydrogen (secondary N) is 1. The number of ether oxygens (including phenoxy) is 1. The van der Waals surface area contributed by atoms with Crippen LogP contribution in [0.25, 0.3) is 0 Å². The molecule has 2 unspecified atom stereocenters. The van der Waals surface area contributed by atoms with E-state index >= 15 is 0 Å². The molecule has 6 nitrogen and oxygen atoms in total. The number of morpholine rings is 1. The van der Waals surface area contributed by atoms with Crippen molar-refractivity contribution in [2.75, 3.05) is 26.3 Å². The quantitative estimate of drug-likeness (QED) is 0.794. The van der Waals surface area contributed by atoms with E-state index in [9.17, 15) is 9.90 Å². The van der Waals surface area contributed by atoms with Gasteiger partial charge in [0.05, 0.1) is 19.5 Å². The number of hydrogen-bond donors (Lipinski definition) is 2. The number of aliphatic hydroxyl groups is 1. The molecule has 2 atom stereocenters. The lowest BCUT2D eigenvalue weighted by Gasteiger charge is -2.36. The van der Waals surface area contributed by atoms with Crippen molar-refractivity contribution in [2.45, 2.75) is 44.9 Å². The van der Waals surface area contributed by atoms with Crippen LogP contribution in [-0.4, -0.2) is 54.3 Å². The number of aliphatic hydroxyl groups excluding tert-OH is 1. The van der Waals surface area contributed by atoms with Crippen molar-refractivity contribution in [3.05, 3.63) is 24.2 Å². The third kappa shape index (κ3) is 5.12. The monoisotopic (exact) mass is 310 g/mol. The molecule has 1 aromatic heterocycles. The van der Waals surface area contributed by atoms with Crippen LogP contribution < -0.4 is 5.32 Å². The van der Waals surface area contributed by atoms with Crippen molar-refractivity contribution in [3.8, 4) is 0 Å². The van der Waals surface area contributed by atoms with Crippen LogP contribution in [0.3, 0.4) is 0 Å². The molecule has 124 valence electrons. The molecule has 1 aliphatic heterocycles. The highest BCUT2D eigenvalue weighted by molar-refractivity contribution is 5.76. The molecule has 2 N–H and O–H groups in total. The van der Waals surface area contributed by atoms with Gasteiger partial charge in [0.15, 0.2) is 0 Å². The molecule has 1 aromatic rings. The van der Waals surface area contributed by atoms with Gasteiger partial charge in [0.1, 0.15) is 11.9 Å². The Morgan fingerprint density at radius 3 is 3.05 bits per heavy atom. The van der Waals surface area contributed by atoms with E-state index < -0.39 is 6.10 Å². The van der Waals surface area contributed by atoms with Crippen molar-refractivity contribution in [1.82, 2.24) is 10.2 Å². The first-order chi connectivity index (χ1) is 10.6. The molecule has 2 rings (SSSR count). The zero-order chi connectivity index (χ0) is 15.9. The fourth-order valence-electron chi connectivity index (χ4n) is 2.69. The van der Waals surface area contributed by atoms with E-state index in [2.05, 4.69) is 10.2 Å². The normalized spacial score (nSPS) is 21.0. The van der Waals surface area contributed by atoms with Crippen LogP contribution in [0.1, 0.15) is 38.6 Å². The third-order valence-corrected chi connectivity index (χ3v) is 3.79. The maximum absolute atomic E-state index is 11.8. The summed E-state index contributed by atoms with van der Waals surface area (Å²) < 4.78 is 10.8. The van der Waals surface area contributed by atoms with Crippen LogP contribution in [0, 0.1) is 0 Å². The minimum atomic E-state index is -0.645. The van der Waals surface area contributed by atoms with Gasteiger partial charge < -0.3 is 19.6 Å². The smallest absolute Gasteiger partial charge is 0.221 e. The van der Waals surface area contributed by atoms with Crippen LogP contribution in [0.2, 0.25) is 0 Å². The van der Waals surface area contributed by atoms with Crippen molar-refractivity contribution < 1.29 is 19.1 Å². The molecule has 0 spiro atoms. The Balaban J connectivity index is 1.84. The predicted octanol–water partition coefficient (Wildman–Crippen LogP) is 1.32. The Kier molecular flexibility index (Phi) is 6.42. The molecule has 22 heavy (non-hydrogen) atoms. The summed E-state index contributed by atoms with van der Waals surface area (Å²) in [7, 11) is 0. The van der Waals surface area contributed by atoms with Crippen LogP contribution >= 0.6 is 0 Å². The van der Waals surface area contributed by atoms with E-state index in [0.717, 1.165) is 6.54 Å². The first-order valence-electron chi connectivity index (χ1n) is 7.89. The topological polar surface area (TPSA) is 74.9 Å². The molecular weight excluding hydrogens is 284 g/mol. The highest BCUT2D eigenvalue weighted by Crippen LogP contribution is 2.23. The molecule has 6 heteroatoms. The van der Waals surface area contributed by atoms with E-state index in [1.54, 1.807) is 18.4 Å². The summed E-state index contributed by atoms with van der Waals surface area (Å²) in [5.41, 5.74) is 0. The van der Waals surface area contributed by atoms with Crippen LogP contribution in [0.15, 0.2) is 22.8 Å². The molecule has 0 saturated carbocycles. The number of carbonyl (C=O) groups excluding carboxylic acids is 1. The molecule has 1 saturated heterocycles. The number of hydrogen-bond acceptors (Lipinski definition) is 5. The number of carbonyl (C=O) groups is 1. The van der Waals surface area contributed by atoms with Crippen molar-refractivity contribution in [3.63, 3.8) is 0 Å². The molecule has 1 amide bonds. The number of rotatable bonds is 7. The Morgan fingerprint density at radius 1 is 1.55 bits per heavy atom. The summed E-state index contributed by atoms with van der Waals surface area (Å²) in [5, 5.41) is 13.1. The largest absolute Gasteiger partial charge is 0.467 e. The number of amides is 1. The van der Waals surface area contributed by atoms with Crippen molar-refractivity contribution in [1.29, 1.82) is 0 Å². The van der Waals surface area contributed by atoms with E-state index in [4.69, 9.17) is 9.15 Å². The van der Waals surface area contributed by atoms with Gasteiger partial charge in [-0.25, -0.2) is 0 Å². The minimum Gasteiger partial charge on any atom is -0.467 e. The zero-order valence-electron chi connectivity index (χ0n) is 13.3. The van der Waals surface area contributed by atoms with Crippen LogP contribution in [-0.2, 0) is 9.53 Å². The Bertz CT molecular complexity index is 447. The molecular formula is C16H26N2O4. The molecule has 0 radical (unpaired) electrons. The standard InChI is InChI=1S/C16H26N2O4/c1-12(2)17-16(20)5-6-18-7-9-21-11-13(18)10-14(19)15-4-3-8-22-15/h3-4,8,12-14,19H,5-7,9-11H2,1-2H3,(H,17,20). The fourth-order valence-corrected chi connectivity index (χ4v) is 2.69. The van der Waals surface area contributed by atoms with E-state index in [-0.39, 0.29) is 18.0 Å². The predicted molar refractivity (Wildman–Crippen MR) is 82.4 cm³/mol. The summed E-state index contributed by atoms with van der Waals surface area (Å²) >= 11 is 0. The van der Waals surface area contributed by atoms with E-state index in [1.807, 2.05) is 13.8 Å². The number of nitrogens with zero attached hydrogens (tertiary/aromatic N) is 1. The summed E-state index contributed by atoms with van der Waals surface area (Å²) in [6.45, 7) is 6.61. The zero-order valence-corrected chi connectivity index (χ0v) is 13.3. The maximum atomic E-state index is 11.8. The lowest BCUT2D eigenvalue weighted by molar-refractivity contribution is -0.122. The van der Waals surface area contributed by atoms with Gasteiger partial charge in [-0.2, -0.15) is 0 Å². The molecule has 1 aliphatic rings. The molecule has 0 aromatic carbocycles. The fraction of sp³-hybridized carbons (Fsp3) is 0.688. The van der Waals surface area contributed by atoms with Gasteiger partial charge in [0.2, 0.25) is 5.91 Å². The second-order valence-corrected chi connectivity index (χ2v) is 6.00. The average Bonchev–Trinajstić information content (AvgIpc) is 3.00. The van der Waals surface area contributed by atoms with Crippen molar-refractivity contribution >= 4 is 5.91 Å². The Labute approximate surface area is 131 Å². The molecule has 2 heterocycles. The summed E-state index contributed by atoms with van der Waals surface area (Å²) in [6, 6.07) is 3.80. The third-order valence-electron chi connectivity index (χ3n) is 3.79. The van der Waals surface area contributed by atoms with Gasteiger partial charge in [-0.15, -0.1) is 0 Å². The lowest BCUT2D eigenvalue weighted by atomic mass is 10.0. The van der Waals surface area contributed by atoms with Crippen molar-refractivity contribution in [2.24, 2.45) is 0 Å². The summed E-state index contributed by atoms with van der Waals surface area (Å²) in [4.78, 5) is 14.0. The summed E-state index contributed by atoms with van der Waals surface area (Å²) in [6.07, 6.45) is 1.92. The molecule has 0 bridgehead atoms. The highest BCUT2D eigenvalue weighted by Gasteiger charge is 2.27. The maximum Gasteiger partial charge on any atom is 0.221 e. The van der Waals surface area contributed by atoms with Gasteiger partial charge in [-0.05, 0) is 32.4 Å². The van der Waals surface area contributed by atoms with E-state index in [1.165, 1.54) is 0 Å². The second kappa shape index (κ2) is 8.31. The van der Waals surface area contributed by atoms with Gasteiger partial charge in [-0.1, -0.05) is 0 Å². The number of furan rings is 1. The van der Waals surface area contributed by atoms with E-state index in [0.29, 0.717) is 38.4 Å². The Morgan fingerprint density at radius 2 is 2.36 bits per heavy atom.